The number of amides is 1. The maximum absolute atomic E-state index is 12.7. The lowest BCUT2D eigenvalue weighted by Crippen LogP contribution is -2.47. The Balaban J connectivity index is 1.56. The monoisotopic (exact) mass is 298 g/mol. The lowest BCUT2D eigenvalue weighted by atomic mass is 9.94. The third-order valence-electron chi connectivity index (χ3n) is 5.49. The second-order valence-corrected chi connectivity index (χ2v) is 6.84. The molecule has 2 atom stereocenters. The summed E-state index contributed by atoms with van der Waals surface area (Å²) in [6.07, 6.45) is 2.37. The summed E-state index contributed by atoms with van der Waals surface area (Å²) in [6, 6.07) is 8.15. The first-order valence-electron chi connectivity index (χ1n) is 8.15. The van der Waals surface area contributed by atoms with Gasteiger partial charge in [-0.05, 0) is 31.4 Å². The molecule has 116 valence electrons. The van der Waals surface area contributed by atoms with E-state index in [0.29, 0.717) is 6.42 Å². The van der Waals surface area contributed by atoms with Crippen molar-refractivity contribution >= 4 is 16.8 Å². The third kappa shape index (κ3) is 2.13. The van der Waals surface area contributed by atoms with E-state index in [9.17, 15) is 9.90 Å². The molecule has 2 heterocycles. The molecule has 0 radical (unpaired) electrons. The summed E-state index contributed by atoms with van der Waals surface area (Å²) in [5, 5.41) is 11.3. The zero-order valence-electron chi connectivity index (χ0n) is 12.9. The quantitative estimate of drug-likeness (QED) is 0.893. The van der Waals surface area contributed by atoms with Crippen LogP contribution in [-0.4, -0.2) is 40.1 Å². The van der Waals surface area contributed by atoms with Crippen LogP contribution in [-0.2, 0) is 11.2 Å². The first-order valence-corrected chi connectivity index (χ1v) is 8.15. The molecule has 0 spiro atoms. The lowest BCUT2D eigenvalue weighted by molar-refractivity contribution is -0.134. The van der Waals surface area contributed by atoms with Crippen LogP contribution in [0.1, 0.15) is 24.1 Å². The number of nitrogens with zero attached hydrogens (tertiary/aromatic N) is 1. The highest BCUT2D eigenvalue weighted by Crippen LogP contribution is 2.37. The Bertz CT molecular complexity index is 707. The molecule has 4 rings (SSSR count). The van der Waals surface area contributed by atoms with Crippen LogP contribution < -0.4 is 0 Å². The fourth-order valence-corrected chi connectivity index (χ4v) is 4.22. The maximum atomic E-state index is 12.7. The van der Waals surface area contributed by atoms with Gasteiger partial charge in [-0.1, -0.05) is 18.2 Å². The standard InChI is InChI=1S/C18H22N2O2/c1-11-15(14-4-2-3-5-16(14)19-11)8-17(21)20-9-12-6-7-13(10-20)18(12)22/h2-5,12-13,18-19,22H,6-10H2,1H3. The number of rotatable bonds is 2. The van der Waals surface area contributed by atoms with Gasteiger partial charge >= 0.3 is 0 Å². The average molecular weight is 298 g/mol. The minimum atomic E-state index is -0.195. The number of aliphatic hydroxyl groups excluding tert-OH is 1. The van der Waals surface area contributed by atoms with Crippen LogP contribution >= 0.6 is 0 Å². The van der Waals surface area contributed by atoms with Crippen molar-refractivity contribution in [2.24, 2.45) is 11.8 Å². The number of piperidine rings is 1. The normalized spacial score (nSPS) is 27.5. The number of aryl methyl sites for hydroxylation is 1. The van der Waals surface area contributed by atoms with Crippen molar-refractivity contribution < 1.29 is 9.90 Å². The highest BCUT2D eigenvalue weighted by molar-refractivity contribution is 5.90. The van der Waals surface area contributed by atoms with Gasteiger partial charge < -0.3 is 15.0 Å². The first kappa shape index (κ1) is 13.8. The second kappa shape index (κ2) is 5.13. The number of benzene rings is 1. The van der Waals surface area contributed by atoms with Gasteiger partial charge in [-0.2, -0.15) is 0 Å². The minimum absolute atomic E-state index is 0.191. The van der Waals surface area contributed by atoms with Crippen molar-refractivity contribution in [2.45, 2.75) is 32.3 Å². The third-order valence-corrected chi connectivity index (χ3v) is 5.49. The Morgan fingerprint density at radius 1 is 1.27 bits per heavy atom. The van der Waals surface area contributed by atoms with Crippen molar-refractivity contribution in [3.8, 4) is 0 Å². The number of aliphatic hydroxyl groups is 1. The van der Waals surface area contributed by atoms with Crippen LogP contribution in [0.2, 0.25) is 0 Å². The number of aromatic amines is 1. The van der Waals surface area contributed by atoms with E-state index < -0.39 is 0 Å². The summed E-state index contributed by atoms with van der Waals surface area (Å²) >= 11 is 0. The number of aromatic nitrogens is 1. The minimum Gasteiger partial charge on any atom is -0.392 e. The van der Waals surface area contributed by atoms with E-state index in [2.05, 4.69) is 11.1 Å². The largest absolute Gasteiger partial charge is 0.392 e. The highest BCUT2D eigenvalue weighted by Gasteiger charge is 2.42. The molecular formula is C18H22N2O2. The first-order chi connectivity index (χ1) is 10.6. The molecule has 1 aliphatic heterocycles. The predicted octanol–water partition coefficient (Wildman–Crippen LogP) is 2.25. The van der Waals surface area contributed by atoms with Crippen molar-refractivity contribution in [1.82, 2.24) is 9.88 Å². The number of fused-ring (bicyclic) bond motifs is 3. The van der Waals surface area contributed by atoms with E-state index in [1.54, 1.807) is 0 Å². The van der Waals surface area contributed by atoms with Crippen LogP contribution in [0.3, 0.4) is 0 Å². The number of hydrogen-bond donors (Lipinski definition) is 2. The Hall–Kier alpha value is -1.81. The molecular weight excluding hydrogens is 276 g/mol. The van der Waals surface area contributed by atoms with Gasteiger partial charge in [0.25, 0.3) is 0 Å². The van der Waals surface area contributed by atoms with Crippen molar-refractivity contribution in [3.05, 3.63) is 35.5 Å². The second-order valence-electron chi connectivity index (χ2n) is 6.84. The van der Waals surface area contributed by atoms with Crippen molar-refractivity contribution in [1.29, 1.82) is 0 Å². The maximum Gasteiger partial charge on any atom is 0.227 e. The van der Waals surface area contributed by atoms with Gasteiger partial charge in [-0.25, -0.2) is 0 Å². The van der Waals surface area contributed by atoms with Crippen LogP contribution in [0.5, 0.6) is 0 Å². The SMILES string of the molecule is Cc1[nH]c2ccccc2c1CC(=O)N1CC2CCC(C1)C2O. The Morgan fingerprint density at radius 2 is 1.95 bits per heavy atom. The molecule has 2 N–H and O–H groups in total. The Kier molecular flexibility index (Phi) is 3.22. The van der Waals surface area contributed by atoms with Crippen LogP contribution in [0.15, 0.2) is 24.3 Å². The molecule has 2 bridgehead atoms. The molecule has 1 aromatic carbocycles. The molecule has 2 aromatic rings. The zero-order valence-corrected chi connectivity index (χ0v) is 12.9. The van der Waals surface area contributed by atoms with Crippen LogP contribution in [0, 0.1) is 18.8 Å². The Morgan fingerprint density at radius 3 is 2.68 bits per heavy atom. The molecule has 1 saturated heterocycles. The number of para-hydroxylation sites is 1. The van der Waals surface area contributed by atoms with E-state index in [-0.39, 0.29) is 23.8 Å². The summed E-state index contributed by atoms with van der Waals surface area (Å²) in [6.45, 7) is 3.47. The van der Waals surface area contributed by atoms with Gasteiger partial charge in [0.2, 0.25) is 5.91 Å². The van der Waals surface area contributed by atoms with Gasteiger partial charge in [0.15, 0.2) is 0 Å². The zero-order chi connectivity index (χ0) is 15.3. The number of nitrogens with one attached hydrogen (secondary N) is 1. The fraction of sp³-hybridized carbons (Fsp3) is 0.500. The number of carbonyl (C=O) groups is 1. The highest BCUT2D eigenvalue weighted by atomic mass is 16.3. The van der Waals surface area contributed by atoms with Gasteiger partial charge in [0.1, 0.15) is 0 Å². The average Bonchev–Trinajstić information content (AvgIpc) is 2.91. The predicted molar refractivity (Wildman–Crippen MR) is 85.5 cm³/mol. The molecule has 2 unspecified atom stereocenters. The molecule has 4 nitrogen and oxygen atoms in total. The summed E-state index contributed by atoms with van der Waals surface area (Å²) in [5.74, 6) is 0.759. The molecule has 1 saturated carbocycles. The molecule has 2 aliphatic rings. The van der Waals surface area contributed by atoms with E-state index in [4.69, 9.17) is 0 Å². The lowest BCUT2D eigenvalue weighted by Gasteiger charge is -2.35. The molecule has 1 aliphatic carbocycles. The van der Waals surface area contributed by atoms with E-state index >= 15 is 0 Å². The topological polar surface area (TPSA) is 56.3 Å². The summed E-state index contributed by atoms with van der Waals surface area (Å²) in [5.41, 5.74) is 3.28. The molecule has 1 amide bonds. The van der Waals surface area contributed by atoms with Crippen LogP contribution in [0.25, 0.3) is 10.9 Å². The van der Waals surface area contributed by atoms with E-state index in [1.807, 2.05) is 30.0 Å². The van der Waals surface area contributed by atoms with Crippen molar-refractivity contribution in [3.63, 3.8) is 0 Å². The number of hydrogen-bond acceptors (Lipinski definition) is 2. The summed E-state index contributed by atoms with van der Waals surface area (Å²) in [7, 11) is 0. The Labute approximate surface area is 130 Å². The van der Waals surface area contributed by atoms with E-state index in [1.165, 1.54) is 0 Å². The number of likely N-dealkylation sites (tertiary alicyclic amines) is 1. The number of carbonyl (C=O) groups excluding carboxylic acids is 1. The summed E-state index contributed by atoms with van der Waals surface area (Å²) < 4.78 is 0. The molecule has 4 heteroatoms. The summed E-state index contributed by atoms with van der Waals surface area (Å²) in [4.78, 5) is 18.0. The van der Waals surface area contributed by atoms with Gasteiger partial charge in [-0.15, -0.1) is 0 Å². The fourth-order valence-electron chi connectivity index (χ4n) is 4.22. The van der Waals surface area contributed by atoms with Crippen LogP contribution in [0.4, 0.5) is 0 Å². The smallest absolute Gasteiger partial charge is 0.227 e. The van der Waals surface area contributed by atoms with Gasteiger partial charge in [-0.3, -0.25) is 4.79 Å². The number of H-pyrrole nitrogens is 1. The van der Waals surface area contributed by atoms with Gasteiger partial charge in [0.05, 0.1) is 12.5 Å². The molecule has 22 heavy (non-hydrogen) atoms. The molecule has 2 fully saturated rings. The van der Waals surface area contributed by atoms with Gasteiger partial charge in [0, 0.05) is 41.5 Å². The van der Waals surface area contributed by atoms with E-state index in [0.717, 1.165) is 48.1 Å². The van der Waals surface area contributed by atoms with Crippen molar-refractivity contribution in [2.75, 3.05) is 13.1 Å². The molecule has 1 aromatic heterocycles.